The predicted molar refractivity (Wildman–Crippen MR) is 129 cm³/mol. The second-order valence-electron chi connectivity index (χ2n) is 7.23. The lowest BCUT2D eigenvalue weighted by molar-refractivity contribution is -0.122. The van der Waals surface area contributed by atoms with E-state index in [0.717, 1.165) is 22.2 Å². The number of nitrogens with one attached hydrogen (secondary N) is 1. The smallest absolute Gasteiger partial charge is 0.293 e. The van der Waals surface area contributed by atoms with Gasteiger partial charge in [0.2, 0.25) is 5.75 Å². The van der Waals surface area contributed by atoms with E-state index in [-0.39, 0.29) is 23.9 Å². The summed E-state index contributed by atoms with van der Waals surface area (Å²) in [6.45, 7) is 2.04. The Labute approximate surface area is 202 Å². The van der Waals surface area contributed by atoms with Crippen LogP contribution in [-0.4, -0.2) is 63.5 Å². The number of benzene rings is 2. The highest BCUT2D eigenvalue weighted by molar-refractivity contribution is 8.18. The molecular formula is C24H26N2O7S. The first-order valence-corrected chi connectivity index (χ1v) is 11.1. The highest BCUT2D eigenvalue weighted by Gasteiger charge is 2.34. The first kappa shape index (κ1) is 25.0. The van der Waals surface area contributed by atoms with Crippen LogP contribution >= 0.6 is 11.8 Å². The van der Waals surface area contributed by atoms with Gasteiger partial charge in [-0.05, 0) is 60.2 Å². The van der Waals surface area contributed by atoms with Crippen LogP contribution in [-0.2, 0) is 4.79 Å². The molecule has 1 aliphatic heterocycles. The Kier molecular flexibility index (Phi) is 8.06. The van der Waals surface area contributed by atoms with Crippen molar-refractivity contribution in [2.45, 2.75) is 6.92 Å². The average molecular weight is 487 g/mol. The largest absolute Gasteiger partial charge is 0.496 e. The van der Waals surface area contributed by atoms with Crippen molar-refractivity contribution in [3.05, 3.63) is 51.9 Å². The second kappa shape index (κ2) is 11.0. The van der Waals surface area contributed by atoms with Crippen LogP contribution in [0.1, 0.15) is 21.5 Å². The van der Waals surface area contributed by atoms with Crippen molar-refractivity contribution in [3.63, 3.8) is 0 Å². The van der Waals surface area contributed by atoms with Crippen LogP contribution < -0.4 is 24.3 Å². The van der Waals surface area contributed by atoms with Gasteiger partial charge in [-0.25, -0.2) is 0 Å². The number of amides is 3. The van der Waals surface area contributed by atoms with Gasteiger partial charge in [0.25, 0.3) is 17.1 Å². The summed E-state index contributed by atoms with van der Waals surface area (Å²) in [6.07, 6.45) is 1.59. The maximum Gasteiger partial charge on any atom is 0.293 e. The van der Waals surface area contributed by atoms with E-state index in [1.807, 2.05) is 6.92 Å². The molecule has 0 atom stereocenters. The third-order valence-electron chi connectivity index (χ3n) is 5.15. The lowest BCUT2D eigenvalue weighted by Gasteiger charge is -2.14. The second-order valence-corrected chi connectivity index (χ2v) is 8.23. The molecule has 0 aliphatic carbocycles. The number of hydrogen-bond donors (Lipinski definition) is 1. The predicted octanol–water partition coefficient (Wildman–Crippen LogP) is 3.50. The number of hydrogen-bond acceptors (Lipinski definition) is 8. The van der Waals surface area contributed by atoms with E-state index in [1.54, 1.807) is 36.4 Å². The van der Waals surface area contributed by atoms with Crippen LogP contribution in [0.5, 0.6) is 23.0 Å². The van der Waals surface area contributed by atoms with E-state index in [1.165, 1.54) is 28.4 Å². The Balaban J connectivity index is 1.68. The molecule has 9 nitrogen and oxygen atoms in total. The summed E-state index contributed by atoms with van der Waals surface area (Å²) in [5, 5.41) is 2.32. The number of ether oxygens (including phenoxy) is 4. The SMILES string of the molecule is COc1cc(C(=O)NCCN2C(=O)S/C(=C\c3cc(OC)c(OC)c(OC)c3)C2=O)ccc1C. The molecule has 2 aromatic rings. The van der Waals surface area contributed by atoms with Crippen LogP contribution in [0.3, 0.4) is 0 Å². The van der Waals surface area contributed by atoms with E-state index in [4.69, 9.17) is 18.9 Å². The lowest BCUT2D eigenvalue weighted by atomic mass is 10.1. The van der Waals surface area contributed by atoms with Crippen LogP contribution in [0.4, 0.5) is 4.79 Å². The highest BCUT2D eigenvalue weighted by Crippen LogP contribution is 2.40. The molecule has 0 unspecified atom stereocenters. The fourth-order valence-electron chi connectivity index (χ4n) is 3.37. The molecule has 1 aliphatic rings. The summed E-state index contributed by atoms with van der Waals surface area (Å²) in [4.78, 5) is 39.0. The third kappa shape index (κ3) is 5.28. The fraction of sp³-hybridized carbons (Fsp3) is 0.292. The molecule has 0 radical (unpaired) electrons. The molecule has 34 heavy (non-hydrogen) atoms. The van der Waals surface area contributed by atoms with E-state index in [2.05, 4.69) is 5.32 Å². The molecule has 0 aromatic heterocycles. The molecule has 3 rings (SSSR count). The average Bonchev–Trinajstić information content (AvgIpc) is 3.10. The molecule has 180 valence electrons. The maximum atomic E-state index is 12.8. The Morgan fingerprint density at radius 2 is 1.62 bits per heavy atom. The van der Waals surface area contributed by atoms with Gasteiger partial charge in [-0.1, -0.05) is 6.07 Å². The summed E-state index contributed by atoms with van der Waals surface area (Å²) in [7, 11) is 6.03. The van der Waals surface area contributed by atoms with Crippen molar-refractivity contribution in [2.24, 2.45) is 0 Å². The van der Waals surface area contributed by atoms with E-state index in [9.17, 15) is 14.4 Å². The van der Waals surface area contributed by atoms with Crippen molar-refractivity contribution in [1.82, 2.24) is 10.2 Å². The lowest BCUT2D eigenvalue weighted by Crippen LogP contribution is -2.37. The number of carbonyl (C=O) groups excluding carboxylic acids is 3. The minimum Gasteiger partial charge on any atom is -0.496 e. The molecular weight excluding hydrogens is 460 g/mol. The van der Waals surface area contributed by atoms with Gasteiger partial charge >= 0.3 is 0 Å². The molecule has 0 spiro atoms. The molecule has 2 aromatic carbocycles. The van der Waals surface area contributed by atoms with Gasteiger partial charge in [0, 0.05) is 18.7 Å². The molecule has 0 saturated carbocycles. The van der Waals surface area contributed by atoms with Crippen molar-refractivity contribution in [1.29, 1.82) is 0 Å². The summed E-state index contributed by atoms with van der Waals surface area (Å²) < 4.78 is 21.2. The van der Waals surface area contributed by atoms with Crippen LogP contribution in [0.15, 0.2) is 35.2 Å². The van der Waals surface area contributed by atoms with Gasteiger partial charge in [-0.15, -0.1) is 0 Å². The Hall–Kier alpha value is -3.66. The first-order chi connectivity index (χ1) is 16.3. The quantitative estimate of drug-likeness (QED) is 0.538. The van der Waals surface area contributed by atoms with Gasteiger partial charge in [0.15, 0.2) is 11.5 Å². The minimum absolute atomic E-state index is 0.0476. The van der Waals surface area contributed by atoms with E-state index in [0.29, 0.717) is 34.1 Å². The topological polar surface area (TPSA) is 103 Å². The first-order valence-electron chi connectivity index (χ1n) is 10.3. The molecule has 3 amide bonds. The van der Waals surface area contributed by atoms with E-state index >= 15 is 0 Å². The number of thioether (sulfide) groups is 1. The van der Waals surface area contributed by atoms with Gasteiger partial charge in [-0.3, -0.25) is 19.3 Å². The molecule has 1 N–H and O–H groups in total. The van der Waals surface area contributed by atoms with Crippen molar-refractivity contribution in [2.75, 3.05) is 41.5 Å². The summed E-state index contributed by atoms with van der Waals surface area (Å²) >= 11 is 0.832. The van der Waals surface area contributed by atoms with Crippen LogP contribution in [0, 0.1) is 6.92 Å². The molecule has 10 heteroatoms. The van der Waals surface area contributed by atoms with Gasteiger partial charge in [0.05, 0.1) is 33.3 Å². The van der Waals surface area contributed by atoms with Gasteiger partial charge < -0.3 is 24.3 Å². The number of nitrogens with zero attached hydrogens (tertiary/aromatic N) is 1. The van der Waals surface area contributed by atoms with Gasteiger partial charge in [0.1, 0.15) is 5.75 Å². The summed E-state index contributed by atoms with van der Waals surface area (Å²) in [6, 6.07) is 8.49. The number of rotatable bonds is 9. The van der Waals surface area contributed by atoms with Crippen molar-refractivity contribution in [3.8, 4) is 23.0 Å². The monoisotopic (exact) mass is 486 g/mol. The Bertz CT molecular complexity index is 1120. The fourth-order valence-corrected chi connectivity index (χ4v) is 4.24. The summed E-state index contributed by atoms with van der Waals surface area (Å²) in [5.74, 6) is 1.14. The molecule has 1 heterocycles. The van der Waals surface area contributed by atoms with Gasteiger partial charge in [-0.2, -0.15) is 0 Å². The molecule has 0 bridgehead atoms. The van der Waals surface area contributed by atoms with E-state index < -0.39 is 11.1 Å². The molecule has 1 fully saturated rings. The van der Waals surface area contributed by atoms with Crippen molar-refractivity contribution < 1.29 is 33.3 Å². The summed E-state index contributed by atoms with van der Waals surface area (Å²) in [5.41, 5.74) is 1.95. The minimum atomic E-state index is -0.435. The Morgan fingerprint density at radius 1 is 0.971 bits per heavy atom. The number of imide groups is 1. The number of carbonyl (C=O) groups is 3. The van der Waals surface area contributed by atoms with Crippen LogP contribution in [0.2, 0.25) is 0 Å². The normalized spacial score (nSPS) is 14.4. The Morgan fingerprint density at radius 3 is 2.21 bits per heavy atom. The number of methoxy groups -OCH3 is 4. The van der Waals surface area contributed by atoms with Crippen LogP contribution in [0.25, 0.3) is 6.08 Å². The maximum absolute atomic E-state index is 12.8. The highest BCUT2D eigenvalue weighted by atomic mass is 32.2. The zero-order chi connectivity index (χ0) is 24.8. The van der Waals surface area contributed by atoms with Crippen molar-refractivity contribution >= 4 is 34.9 Å². The number of aryl methyl sites for hydroxylation is 1. The standard InChI is InChI=1S/C24H26N2O7S/c1-14-6-7-16(13-17(14)30-2)22(27)25-8-9-26-23(28)20(34-24(26)29)12-15-10-18(31-3)21(33-5)19(11-15)32-4/h6-7,10-13H,8-9H2,1-5H3,(H,25,27)/b20-12-. The molecule has 1 saturated heterocycles. The third-order valence-corrected chi connectivity index (χ3v) is 6.06. The zero-order valence-electron chi connectivity index (χ0n) is 19.6. The zero-order valence-corrected chi connectivity index (χ0v) is 20.4.